The van der Waals surface area contributed by atoms with Crippen molar-refractivity contribution >= 4 is 11.3 Å². The van der Waals surface area contributed by atoms with Crippen LogP contribution in [0.25, 0.3) is 0 Å². The zero-order valence-corrected chi connectivity index (χ0v) is 8.66. The summed E-state index contributed by atoms with van der Waals surface area (Å²) in [5.74, 6) is 0. The Labute approximate surface area is 78.8 Å². The molecule has 0 spiro atoms. The van der Waals surface area contributed by atoms with Crippen molar-refractivity contribution in [2.24, 2.45) is 0 Å². The topological polar surface area (TPSA) is 12.0 Å². The SMILES string of the molecule is CC(C)NCCCc1cccs1. The third-order valence-corrected chi connectivity index (χ3v) is 2.67. The van der Waals surface area contributed by atoms with Crippen LogP contribution in [0.1, 0.15) is 25.1 Å². The maximum absolute atomic E-state index is 3.41. The fourth-order valence-corrected chi connectivity index (χ4v) is 1.86. The molecule has 0 bridgehead atoms. The Bertz CT molecular complexity index is 192. The maximum atomic E-state index is 3.41. The predicted octanol–water partition coefficient (Wildman–Crippen LogP) is 2.68. The second kappa shape index (κ2) is 5.33. The van der Waals surface area contributed by atoms with E-state index in [1.165, 1.54) is 17.7 Å². The Hall–Kier alpha value is -0.340. The van der Waals surface area contributed by atoms with Gasteiger partial charge in [-0.25, -0.2) is 0 Å². The molecular formula is C10H17NS. The molecule has 1 aromatic heterocycles. The first-order valence-corrected chi connectivity index (χ1v) is 5.43. The molecule has 68 valence electrons. The largest absolute Gasteiger partial charge is 0.315 e. The Morgan fingerprint density at radius 2 is 2.33 bits per heavy atom. The number of hydrogen-bond acceptors (Lipinski definition) is 2. The van der Waals surface area contributed by atoms with Gasteiger partial charge in [0.2, 0.25) is 0 Å². The van der Waals surface area contributed by atoms with Crippen LogP contribution in [0.5, 0.6) is 0 Å². The third kappa shape index (κ3) is 3.88. The lowest BCUT2D eigenvalue weighted by Crippen LogP contribution is -2.23. The van der Waals surface area contributed by atoms with Gasteiger partial charge < -0.3 is 5.32 Å². The van der Waals surface area contributed by atoms with Gasteiger partial charge in [0.1, 0.15) is 0 Å². The molecule has 0 aliphatic heterocycles. The first kappa shape index (κ1) is 9.75. The molecule has 1 rings (SSSR count). The van der Waals surface area contributed by atoms with Crippen LogP contribution in [-0.2, 0) is 6.42 Å². The van der Waals surface area contributed by atoms with E-state index < -0.39 is 0 Å². The molecule has 1 N–H and O–H groups in total. The number of thiophene rings is 1. The summed E-state index contributed by atoms with van der Waals surface area (Å²) in [6.07, 6.45) is 2.47. The molecule has 1 aromatic rings. The second-order valence-electron chi connectivity index (χ2n) is 3.29. The van der Waals surface area contributed by atoms with Crippen molar-refractivity contribution in [2.45, 2.75) is 32.7 Å². The first-order chi connectivity index (χ1) is 5.79. The highest BCUT2D eigenvalue weighted by Crippen LogP contribution is 2.10. The summed E-state index contributed by atoms with van der Waals surface area (Å²) < 4.78 is 0. The van der Waals surface area contributed by atoms with E-state index in [1.54, 1.807) is 0 Å². The summed E-state index contributed by atoms with van der Waals surface area (Å²) in [5.41, 5.74) is 0. The smallest absolute Gasteiger partial charge is 0.00457 e. The summed E-state index contributed by atoms with van der Waals surface area (Å²) in [6.45, 7) is 5.51. The van der Waals surface area contributed by atoms with E-state index in [0.29, 0.717) is 6.04 Å². The van der Waals surface area contributed by atoms with Gasteiger partial charge in [-0.2, -0.15) is 0 Å². The van der Waals surface area contributed by atoms with Crippen molar-refractivity contribution in [1.82, 2.24) is 5.32 Å². The van der Waals surface area contributed by atoms with Crippen LogP contribution in [0.15, 0.2) is 17.5 Å². The average Bonchev–Trinajstić information content (AvgIpc) is 2.49. The molecule has 0 saturated heterocycles. The zero-order valence-electron chi connectivity index (χ0n) is 7.84. The van der Waals surface area contributed by atoms with Crippen LogP contribution in [0, 0.1) is 0 Å². The number of rotatable bonds is 5. The highest BCUT2D eigenvalue weighted by atomic mass is 32.1. The molecule has 2 heteroatoms. The molecule has 12 heavy (non-hydrogen) atoms. The van der Waals surface area contributed by atoms with Crippen LogP contribution < -0.4 is 5.32 Å². The Kier molecular flexibility index (Phi) is 4.33. The molecular weight excluding hydrogens is 166 g/mol. The van der Waals surface area contributed by atoms with Gasteiger partial charge in [-0.3, -0.25) is 0 Å². The van der Waals surface area contributed by atoms with Crippen LogP contribution in [0.4, 0.5) is 0 Å². The molecule has 1 heterocycles. The van der Waals surface area contributed by atoms with E-state index in [0.717, 1.165) is 6.54 Å². The van der Waals surface area contributed by atoms with E-state index in [2.05, 4.69) is 36.7 Å². The minimum atomic E-state index is 0.619. The average molecular weight is 183 g/mol. The fourth-order valence-electron chi connectivity index (χ4n) is 1.11. The summed E-state index contributed by atoms with van der Waals surface area (Å²) in [6, 6.07) is 4.95. The van der Waals surface area contributed by atoms with Crippen LogP contribution in [0.2, 0.25) is 0 Å². The highest BCUT2D eigenvalue weighted by molar-refractivity contribution is 7.09. The van der Waals surface area contributed by atoms with E-state index in [4.69, 9.17) is 0 Å². The second-order valence-corrected chi connectivity index (χ2v) is 4.32. The number of hydrogen-bond donors (Lipinski definition) is 1. The summed E-state index contributed by atoms with van der Waals surface area (Å²) in [5, 5.41) is 5.56. The van der Waals surface area contributed by atoms with Crippen LogP contribution >= 0.6 is 11.3 Å². The lowest BCUT2D eigenvalue weighted by molar-refractivity contribution is 0.571. The van der Waals surface area contributed by atoms with Gasteiger partial charge in [0, 0.05) is 10.9 Å². The summed E-state index contributed by atoms with van der Waals surface area (Å²) in [4.78, 5) is 1.50. The molecule has 0 atom stereocenters. The van der Waals surface area contributed by atoms with Crippen molar-refractivity contribution < 1.29 is 0 Å². The van der Waals surface area contributed by atoms with Gasteiger partial charge in [0.05, 0.1) is 0 Å². The van der Waals surface area contributed by atoms with Gasteiger partial charge >= 0.3 is 0 Å². The molecule has 0 aromatic carbocycles. The third-order valence-electron chi connectivity index (χ3n) is 1.73. The monoisotopic (exact) mass is 183 g/mol. The van der Waals surface area contributed by atoms with Gasteiger partial charge in [0.15, 0.2) is 0 Å². The van der Waals surface area contributed by atoms with Gasteiger partial charge in [-0.05, 0) is 30.8 Å². The van der Waals surface area contributed by atoms with Crippen LogP contribution in [0.3, 0.4) is 0 Å². The molecule has 0 unspecified atom stereocenters. The summed E-state index contributed by atoms with van der Waals surface area (Å²) in [7, 11) is 0. The van der Waals surface area contributed by atoms with Gasteiger partial charge in [0.25, 0.3) is 0 Å². The van der Waals surface area contributed by atoms with E-state index in [9.17, 15) is 0 Å². The molecule has 0 fully saturated rings. The van der Waals surface area contributed by atoms with Gasteiger partial charge in [-0.1, -0.05) is 19.9 Å². The molecule has 0 saturated carbocycles. The highest BCUT2D eigenvalue weighted by Gasteiger charge is 1.94. The van der Waals surface area contributed by atoms with Crippen molar-refractivity contribution in [2.75, 3.05) is 6.54 Å². The number of nitrogens with one attached hydrogen (secondary N) is 1. The minimum Gasteiger partial charge on any atom is -0.315 e. The lowest BCUT2D eigenvalue weighted by atomic mass is 10.2. The van der Waals surface area contributed by atoms with Crippen molar-refractivity contribution in [3.8, 4) is 0 Å². The van der Waals surface area contributed by atoms with Crippen molar-refractivity contribution in [1.29, 1.82) is 0 Å². The quantitative estimate of drug-likeness (QED) is 0.692. The summed E-state index contributed by atoms with van der Waals surface area (Å²) >= 11 is 1.85. The van der Waals surface area contributed by atoms with Gasteiger partial charge in [-0.15, -0.1) is 11.3 Å². The van der Waals surface area contributed by atoms with Crippen molar-refractivity contribution in [3.05, 3.63) is 22.4 Å². The minimum absolute atomic E-state index is 0.619. The molecule has 0 amide bonds. The Balaban J connectivity index is 2.04. The normalized spacial score (nSPS) is 10.9. The van der Waals surface area contributed by atoms with E-state index in [1.807, 2.05) is 11.3 Å². The maximum Gasteiger partial charge on any atom is 0.00457 e. The first-order valence-electron chi connectivity index (χ1n) is 4.55. The lowest BCUT2D eigenvalue weighted by Gasteiger charge is -2.06. The molecule has 1 nitrogen and oxygen atoms in total. The van der Waals surface area contributed by atoms with E-state index in [-0.39, 0.29) is 0 Å². The Morgan fingerprint density at radius 1 is 1.50 bits per heavy atom. The van der Waals surface area contributed by atoms with Crippen molar-refractivity contribution in [3.63, 3.8) is 0 Å². The number of aryl methyl sites for hydroxylation is 1. The molecule has 0 aliphatic rings. The van der Waals surface area contributed by atoms with E-state index >= 15 is 0 Å². The molecule has 0 aliphatic carbocycles. The molecule has 0 radical (unpaired) electrons. The standard InChI is InChI=1S/C10H17NS/c1-9(2)11-7-3-5-10-6-4-8-12-10/h4,6,8-9,11H,3,5,7H2,1-2H3. The predicted molar refractivity (Wildman–Crippen MR) is 55.8 cm³/mol. The fraction of sp³-hybridized carbons (Fsp3) is 0.600. The zero-order chi connectivity index (χ0) is 8.81. The van der Waals surface area contributed by atoms with Crippen LogP contribution in [-0.4, -0.2) is 12.6 Å². The Morgan fingerprint density at radius 3 is 2.92 bits per heavy atom.